The molecule has 1 nitrogen and oxygen atoms in total. The Balaban J connectivity index is 1.78. The number of fused-ring (bicyclic) bond motifs is 1. The molecule has 0 aliphatic heterocycles. The molecule has 114 valence electrons. The molecule has 4 rings (SSSR count). The fourth-order valence-corrected chi connectivity index (χ4v) is 4.71. The van der Waals surface area contributed by atoms with Crippen molar-refractivity contribution in [1.82, 2.24) is 0 Å². The van der Waals surface area contributed by atoms with E-state index in [-0.39, 0.29) is 0 Å². The van der Waals surface area contributed by atoms with Gasteiger partial charge in [0.05, 0.1) is 0 Å². The van der Waals surface area contributed by atoms with Gasteiger partial charge in [-0.1, -0.05) is 31.0 Å². The van der Waals surface area contributed by atoms with Gasteiger partial charge in [0.25, 0.3) is 0 Å². The van der Waals surface area contributed by atoms with Crippen LogP contribution >= 0.6 is 0 Å². The Morgan fingerprint density at radius 2 is 1.77 bits per heavy atom. The summed E-state index contributed by atoms with van der Waals surface area (Å²) in [5.41, 5.74) is 7.94. The largest absolute Gasteiger partial charge is 0.212 e. The van der Waals surface area contributed by atoms with E-state index in [4.69, 9.17) is 0 Å². The van der Waals surface area contributed by atoms with Gasteiger partial charge >= 0.3 is 0 Å². The quantitative estimate of drug-likeness (QED) is 0.680. The normalized spacial score (nSPS) is 19.4. The van der Waals surface area contributed by atoms with E-state index in [0.29, 0.717) is 5.41 Å². The highest BCUT2D eigenvalue weighted by molar-refractivity contribution is 5.61. The highest BCUT2D eigenvalue weighted by Crippen LogP contribution is 2.47. The van der Waals surface area contributed by atoms with Crippen LogP contribution in [-0.2, 0) is 19.9 Å². The molecule has 22 heavy (non-hydrogen) atoms. The van der Waals surface area contributed by atoms with Gasteiger partial charge in [-0.15, -0.1) is 0 Å². The number of hydrogen-bond acceptors (Lipinski definition) is 0. The van der Waals surface area contributed by atoms with E-state index >= 15 is 0 Å². The Morgan fingerprint density at radius 1 is 1.00 bits per heavy atom. The minimum atomic E-state index is 0.635. The van der Waals surface area contributed by atoms with E-state index in [9.17, 15) is 0 Å². The van der Waals surface area contributed by atoms with Crippen molar-refractivity contribution in [3.63, 3.8) is 0 Å². The molecule has 0 atom stereocenters. The maximum absolute atomic E-state index is 2.48. The van der Waals surface area contributed by atoms with Crippen molar-refractivity contribution in [3.8, 4) is 11.3 Å². The van der Waals surface area contributed by atoms with Gasteiger partial charge in [0.1, 0.15) is 7.05 Å². The first kappa shape index (κ1) is 14.0. The van der Waals surface area contributed by atoms with E-state index in [1.54, 1.807) is 11.1 Å². The summed E-state index contributed by atoms with van der Waals surface area (Å²) in [6.45, 7) is 2.22. The highest BCUT2D eigenvalue weighted by Gasteiger charge is 2.38. The molecule has 1 aromatic carbocycles. The lowest BCUT2D eigenvalue weighted by Gasteiger charge is -2.34. The molecular formula is C21H26N+. The number of aryl methyl sites for hydroxylation is 3. The number of hydrogen-bond donors (Lipinski definition) is 0. The Labute approximate surface area is 134 Å². The summed E-state index contributed by atoms with van der Waals surface area (Å²) in [6.07, 6.45) is 12.2. The second-order valence-corrected chi connectivity index (χ2v) is 7.52. The topological polar surface area (TPSA) is 3.88 Å². The van der Waals surface area contributed by atoms with Gasteiger partial charge < -0.3 is 0 Å². The predicted molar refractivity (Wildman–Crippen MR) is 90.7 cm³/mol. The van der Waals surface area contributed by atoms with Crippen LogP contribution in [0.25, 0.3) is 11.3 Å². The minimum Gasteiger partial charge on any atom is -0.201 e. The molecule has 0 unspecified atom stereocenters. The van der Waals surface area contributed by atoms with Crippen LogP contribution in [0.3, 0.4) is 0 Å². The number of aromatic nitrogens is 1. The fraction of sp³-hybridized carbons (Fsp3) is 0.476. The molecular weight excluding hydrogens is 266 g/mol. The number of rotatable bonds is 1. The predicted octanol–water partition coefficient (Wildman–Crippen LogP) is 4.54. The van der Waals surface area contributed by atoms with E-state index in [1.165, 1.54) is 61.8 Å². The molecule has 1 spiro atoms. The zero-order valence-corrected chi connectivity index (χ0v) is 13.9. The molecule has 1 heterocycles. The van der Waals surface area contributed by atoms with Crippen LogP contribution in [0.5, 0.6) is 0 Å². The third-order valence-corrected chi connectivity index (χ3v) is 6.03. The first-order valence-electron chi connectivity index (χ1n) is 8.74. The molecule has 0 bridgehead atoms. The summed E-state index contributed by atoms with van der Waals surface area (Å²) >= 11 is 0. The SMILES string of the molecule is Cc1ccccc1-c1cc2c(c[n+]1C)CCC1(CCCC1)C2. The number of benzene rings is 1. The molecule has 1 saturated carbocycles. The summed E-state index contributed by atoms with van der Waals surface area (Å²) in [5.74, 6) is 0. The molecule has 2 aliphatic carbocycles. The minimum absolute atomic E-state index is 0.635. The monoisotopic (exact) mass is 292 g/mol. The van der Waals surface area contributed by atoms with Crippen LogP contribution in [0.15, 0.2) is 36.5 Å². The smallest absolute Gasteiger partial charge is 0.201 e. The van der Waals surface area contributed by atoms with Gasteiger partial charge in [-0.3, -0.25) is 0 Å². The standard InChI is InChI=1S/C21H26N/c1-16-7-3-4-8-19(16)20-13-18-14-21(10-5-6-11-21)12-9-17(18)15-22(20)2/h3-4,7-8,13,15H,5-6,9-12,14H2,1-2H3/q+1. The molecule has 0 N–H and O–H groups in total. The molecule has 1 heteroatoms. The van der Waals surface area contributed by atoms with Crippen molar-refractivity contribution in [1.29, 1.82) is 0 Å². The maximum Gasteiger partial charge on any atom is 0.212 e. The van der Waals surface area contributed by atoms with Crippen LogP contribution in [0.4, 0.5) is 0 Å². The number of nitrogens with zero attached hydrogens (tertiary/aromatic N) is 1. The third-order valence-electron chi connectivity index (χ3n) is 6.03. The molecule has 1 aromatic heterocycles. The summed E-state index contributed by atoms with van der Waals surface area (Å²) in [5, 5.41) is 0. The van der Waals surface area contributed by atoms with Crippen molar-refractivity contribution in [2.45, 2.75) is 51.9 Å². The maximum atomic E-state index is 2.48. The first-order valence-corrected chi connectivity index (χ1v) is 8.74. The molecule has 2 aromatic rings. The van der Waals surface area contributed by atoms with Gasteiger partial charge in [-0.2, -0.15) is 0 Å². The van der Waals surface area contributed by atoms with Gasteiger partial charge in [-0.25, -0.2) is 4.57 Å². The molecule has 0 saturated heterocycles. The van der Waals surface area contributed by atoms with Gasteiger partial charge in [0.2, 0.25) is 5.69 Å². The summed E-state index contributed by atoms with van der Waals surface area (Å²) in [6, 6.07) is 11.2. The van der Waals surface area contributed by atoms with Gasteiger partial charge in [0, 0.05) is 17.2 Å². The molecule has 1 fully saturated rings. The first-order chi connectivity index (χ1) is 10.7. The highest BCUT2D eigenvalue weighted by atomic mass is 14.9. The van der Waals surface area contributed by atoms with E-state index in [2.05, 4.69) is 55.1 Å². The van der Waals surface area contributed by atoms with Crippen LogP contribution in [0, 0.1) is 12.3 Å². The average molecular weight is 292 g/mol. The summed E-state index contributed by atoms with van der Waals surface area (Å²) in [7, 11) is 2.20. The molecule has 2 aliphatic rings. The molecule has 0 amide bonds. The second-order valence-electron chi connectivity index (χ2n) is 7.52. The van der Waals surface area contributed by atoms with Crippen LogP contribution in [-0.4, -0.2) is 0 Å². The van der Waals surface area contributed by atoms with E-state index in [0.717, 1.165) is 0 Å². The van der Waals surface area contributed by atoms with Gasteiger partial charge in [-0.05, 0) is 61.6 Å². The molecule has 0 radical (unpaired) electrons. The Hall–Kier alpha value is -1.63. The van der Waals surface area contributed by atoms with Crippen LogP contribution < -0.4 is 4.57 Å². The van der Waals surface area contributed by atoms with Crippen LogP contribution in [0.2, 0.25) is 0 Å². The van der Waals surface area contributed by atoms with Crippen molar-refractivity contribution < 1.29 is 4.57 Å². The van der Waals surface area contributed by atoms with Crippen molar-refractivity contribution in [2.75, 3.05) is 0 Å². The lowest BCUT2D eigenvalue weighted by molar-refractivity contribution is -0.661. The van der Waals surface area contributed by atoms with Crippen molar-refractivity contribution in [3.05, 3.63) is 53.2 Å². The summed E-state index contributed by atoms with van der Waals surface area (Å²) < 4.78 is 2.33. The Kier molecular flexibility index (Phi) is 3.32. The second kappa shape index (κ2) is 5.22. The fourth-order valence-electron chi connectivity index (χ4n) is 4.71. The average Bonchev–Trinajstić information content (AvgIpc) is 2.96. The van der Waals surface area contributed by atoms with Crippen molar-refractivity contribution in [2.24, 2.45) is 12.5 Å². The zero-order valence-electron chi connectivity index (χ0n) is 13.9. The number of pyridine rings is 1. The van der Waals surface area contributed by atoms with E-state index < -0.39 is 0 Å². The van der Waals surface area contributed by atoms with Gasteiger partial charge in [0.15, 0.2) is 6.20 Å². The third kappa shape index (κ3) is 2.27. The lowest BCUT2D eigenvalue weighted by atomic mass is 9.70. The lowest BCUT2D eigenvalue weighted by Crippen LogP contribution is -2.35. The Bertz CT molecular complexity index is 708. The zero-order chi connectivity index (χ0) is 15.2. The summed E-state index contributed by atoms with van der Waals surface area (Å²) in [4.78, 5) is 0. The Morgan fingerprint density at radius 3 is 2.55 bits per heavy atom. The van der Waals surface area contributed by atoms with E-state index in [1.807, 2.05) is 0 Å². The van der Waals surface area contributed by atoms with Crippen molar-refractivity contribution >= 4 is 0 Å². The van der Waals surface area contributed by atoms with Crippen LogP contribution in [0.1, 0.15) is 48.8 Å².